The zero-order valence-electron chi connectivity index (χ0n) is 9.24. The number of carbonyl (C=O) groups is 1. The monoisotopic (exact) mass is 211 g/mol. The molecule has 2 saturated carbocycles. The quantitative estimate of drug-likeness (QED) is 0.729. The molecule has 3 heteroatoms. The summed E-state index contributed by atoms with van der Waals surface area (Å²) >= 11 is 0. The Labute approximate surface area is 91.2 Å². The van der Waals surface area contributed by atoms with Crippen molar-refractivity contribution in [3.63, 3.8) is 0 Å². The van der Waals surface area contributed by atoms with Crippen LogP contribution in [0.4, 0.5) is 0 Å². The van der Waals surface area contributed by atoms with E-state index in [4.69, 9.17) is 0 Å². The van der Waals surface area contributed by atoms with Gasteiger partial charge in [-0.1, -0.05) is 25.7 Å². The topological polar surface area (TPSA) is 49.3 Å². The second kappa shape index (κ2) is 4.97. The van der Waals surface area contributed by atoms with Crippen molar-refractivity contribution < 1.29 is 9.90 Å². The first kappa shape index (κ1) is 10.9. The summed E-state index contributed by atoms with van der Waals surface area (Å²) < 4.78 is 0. The van der Waals surface area contributed by atoms with Gasteiger partial charge in [-0.25, -0.2) is 0 Å². The fraction of sp³-hybridized carbons (Fsp3) is 0.917. The standard InChI is InChI=1S/C12H21NO2/c14-11-8-4-3-7-10(11)13-12(15)9-5-1-2-6-9/h9-11,14H,1-8H2,(H,13,15)/t10-,11-/m0/s1. The minimum atomic E-state index is -0.316. The molecular formula is C12H21NO2. The zero-order valence-corrected chi connectivity index (χ0v) is 9.24. The average Bonchev–Trinajstić information content (AvgIpc) is 2.74. The molecule has 0 unspecified atom stereocenters. The third-order valence-electron chi connectivity index (χ3n) is 3.78. The number of aliphatic hydroxyl groups excluding tert-OH is 1. The number of hydrogen-bond acceptors (Lipinski definition) is 2. The summed E-state index contributed by atoms with van der Waals surface area (Å²) in [5, 5.41) is 12.8. The van der Waals surface area contributed by atoms with Crippen LogP contribution in [-0.4, -0.2) is 23.2 Å². The maximum absolute atomic E-state index is 11.8. The Morgan fingerprint density at radius 2 is 1.60 bits per heavy atom. The van der Waals surface area contributed by atoms with Gasteiger partial charge in [0.1, 0.15) is 0 Å². The summed E-state index contributed by atoms with van der Waals surface area (Å²) in [6, 6.07) is 0.0202. The van der Waals surface area contributed by atoms with Crippen molar-refractivity contribution in [1.29, 1.82) is 0 Å². The van der Waals surface area contributed by atoms with Crippen LogP contribution >= 0.6 is 0 Å². The van der Waals surface area contributed by atoms with Gasteiger partial charge in [0.15, 0.2) is 0 Å². The van der Waals surface area contributed by atoms with E-state index in [1.165, 1.54) is 12.8 Å². The lowest BCUT2D eigenvalue weighted by Gasteiger charge is -2.29. The summed E-state index contributed by atoms with van der Waals surface area (Å²) in [7, 11) is 0. The maximum Gasteiger partial charge on any atom is 0.223 e. The molecule has 0 saturated heterocycles. The molecule has 86 valence electrons. The minimum Gasteiger partial charge on any atom is -0.391 e. The molecule has 2 atom stereocenters. The number of amides is 1. The van der Waals surface area contributed by atoms with Crippen LogP contribution in [0.15, 0.2) is 0 Å². The first-order chi connectivity index (χ1) is 7.27. The molecule has 0 radical (unpaired) electrons. The van der Waals surface area contributed by atoms with Crippen LogP contribution in [0, 0.1) is 5.92 Å². The van der Waals surface area contributed by atoms with Gasteiger partial charge in [0.25, 0.3) is 0 Å². The van der Waals surface area contributed by atoms with Crippen molar-refractivity contribution in [2.24, 2.45) is 5.92 Å². The molecule has 0 aliphatic heterocycles. The van der Waals surface area contributed by atoms with Crippen molar-refractivity contribution in [1.82, 2.24) is 5.32 Å². The van der Waals surface area contributed by atoms with Crippen LogP contribution in [0.3, 0.4) is 0 Å². The first-order valence-electron chi connectivity index (χ1n) is 6.26. The molecule has 1 amide bonds. The third-order valence-corrected chi connectivity index (χ3v) is 3.78. The highest BCUT2D eigenvalue weighted by atomic mass is 16.3. The Kier molecular flexibility index (Phi) is 3.62. The van der Waals surface area contributed by atoms with Gasteiger partial charge < -0.3 is 10.4 Å². The molecule has 2 N–H and O–H groups in total. The minimum absolute atomic E-state index is 0.0202. The van der Waals surface area contributed by atoms with Crippen LogP contribution in [0.5, 0.6) is 0 Å². The normalized spacial score (nSPS) is 32.9. The summed E-state index contributed by atoms with van der Waals surface area (Å²) in [4.78, 5) is 11.8. The predicted molar refractivity (Wildman–Crippen MR) is 58.4 cm³/mol. The van der Waals surface area contributed by atoms with E-state index in [0.717, 1.165) is 38.5 Å². The molecule has 0 aromatic carbocycles. The Morgan fingerprint density at radius 3 is 2.27 bits per heavy atom. The molecule has 0 heterocycles. The highest BCUT2D eigenvalue weighted by Gasteiger charge is 2.28. The number of nitrogens with one attached hydrogen (secondary N) is 1. The molecule has 15 heavy (non-hydrogen) atoms. The van der Waals surface area contributed by atoms with Crippen LogP contribution in [0.1, 0.15) is 51.4 Å². The average molecular weight is 211 g/mol. The summed E-state index contributed by atoms with van der Waals surface area (Å²) in [5.41, 5.74) is 0. The number of rotatable bonds is 2. The second-order valence-electron chi connectivity index (χ2n) is 4.95. The SMILES string of the molecule is O=C(N[C@H]1CCCC[C@@H]1O)C1CCCC1. The molecule has 2 aliphatic carbocycles. The summed E-state index contributed by atoms with van der Waals surface area (Å²) in [6.45, 7) is 0. The summed E-state index contributed by atoms with van der Waals surface area (Å²) in [6.07, 6.45) is 8.14. The van der Waals surface area contributed by atoms with Gasteiger partial charge in [-0.3, -0.25) is 4.79 Å². The van der Waals surface area contributed by atoms with E-state index in [1.54, 1.807) is 0 Å². The van der Waals surface area contributed by atoms with Gasteiger partial charge >= 0.3 is 0 Å². The van der Waals surface area contributed by atoms with Gasteiger partial charge in [-0.05, 0) is 25.7 Å². The molecule has 0 bridgehead atoms. The van der Waals surface area contributed by atoms with E-state index in [2.05, 4.69) is 5.32 Å². The van der Waals surface area contributed by atoms with Gasteiger partial charge in [-0.15, -0.1) is 0 Å². The van der Waals surface area contributed by atoms with E-state index >= 15 is 0 Å². The van der Waals surface area contributed by atoms with E-state index in [-0.39, 0.29) is 24.0 Å². The highest BCUT2D eigenvalue weighted by Crippen LogP contribution is 2.26. The third kappa shape index (κ3) is 2.71. The smallest absolute Gasteiger partial charge is 0.223 e. The Morgan fingerprint density at radius 1 is 1.00 bits per heavy atom. The van der Waals surface area contributed by atoms with Crippen LogP contribution in [0.25, 0.3) is 0 Å². The Balaban J connectivity index is 1.81. The Hall–Kier alpha value is -0.570. The first-order valence-corrected chi connectivity index (χ1v) is 6.26. The van der Waals surface area contributed by atoms with Crippen molar-refractivity contribution >= 4 is 5.91 Å². The van der Waals surface area contributed by atoms with E-state index in [9.17, 15) is 9.90 Å². The lowest BCUT2D eigenvalue weighted by molar-refractivity contribution is -0.126. The zero-order chi connectivity index (χ0) is 10.7. The lowest BCUT2D eigenvalue weighted by atomic mass is 9.92. The van der Waals surface area contributed by atoms with E-state index in [1.807, 2.05) is 0 Å². The second-order valence-corrected chi connectivity index (χ2v) is 4.95. The van der Waals surface area contributed by atoms with Crippen LogP contribution in [-0.2, 0) is 4.79 Å². The van der Waals surface area contributed by atoms with Gasteiger partial charge in [0.05, 0.1) is 12.1 Å². The van der Waals surface area contributed by atoms with E-state index < -0.39 is 0 Å². The molecule has 2 aliphatic rings. The van der Waals surface area contributed by atoms with Crippen molar-refractivity contribution in [2.45, 2.75) is 63.5 Å². The van der Waals surface area contributed by atoms with Crippen molar-refractivity contribution in [3.8, 4) is 0 Å². The lowest BCUT2D eigenvalue weighted by Crippen LogP contribution is -2.46. The van der Waals surface area contributed by atoms with E-state index in [0.29, 0.717) is 0 Å². The molecule has 0 spiro atoms. The summed E-state index contributed by atoms with van der Waals surface area (Å²) in [5.74, 6) is 0.401. The van der Waals surface area contributed by atoms with Crippen molar-refractivity contribution in [3.05, 3.63) is 0 Å². The predicted octanol–water partition coefficient (Wildman–Crippen LogP) is 1.60. The Bertz CT molecular complexity index is 224. The molecule has 0 aromatic rings. The highest BCUT2D eigenvalue weighted by molar-refractivity contribution is 5.79. The molecule has 2 rings (SSSR count). The van der Waals surface area contributed by atoms with Gasteiger partial charge in [0.2, 0.25) is 5.91 Å². The largest absolute Gasteiger partial charge is 0.391 e. The van der Waals surface area contributed by atoms with Gasteiger partial charge in [0, 0.05) is 5.92 Å². The van der Waals surface area contributed by atoms with Gasteiger partial charge in [-0.2, -0.15) is 0 Å². The van der Waals surface area contributed by atoms with Crippen molar-refractivity contribution in [2.75, 3.05) is 0 Å². The number of aliphatic hydroxyl groups is 1. The number of carbonyl (C=O) groups excluding carboxylic acids is 1. The number of hydrogen-bond donors (Lipinski definition) is 2. The molecular weight excluding hydrogens is 190 g/mol. The fourth-order valence-corrected chi connectivity index (χ4v) is 2.77. The van der Waals surface area contributed by atoms with Crippen LogP contribution < -0.4 is 5.32 Å². The molecule has 3 nitrogen and oxygen atoms in total. The van der Waals surface area contributed by atoms with Crippen LogP contribution in [0.2, 0.25) is 0 Å². The molecule has 2 fully saturated rings. The molecule has 0 aromatic heterocycles. The maximum atomic E-state index is 11.8. The fourth-order valence-electron chi connectivity index (χ4n) is 2.77.